The van der Waals surface area contributed by atoms with Crippen molar-refractivity contribution >= 4 is 27.6 Å². The summed E-state index contributed by atoms with van der Waals surface area (Å²) in [6, 6.07) is 11.8. The van der Waals surface area contributed by atoms with Crippen molar-refractivity contribution in [3.63, 3.8) is 0 Å². The molecule has 1 unspecified atom stereocenters. The van der Waals surface area contributed by atoms with E-state index in [2.05, 4.69) is 4.98 Å². The predicted octanol–water partition coefficient (Wildman–Crippen LogP) is 3.99. The predicted molar refractivity (Wildman–Crippen MR) is 164 cm³/mol. The van der Waals surface area contributed by atoms with Gasteiger partial charge in [-0.2, -0.15) is 4.31 Å². The van der Waals surface area contributed by atoms with Gasteiger partial charge in [-0.15, -0.1) is 0 Å². The van der Waals surface area contributed by atoms with Gasteiger partial charge < -0.3 is 25.3 Å². The van der Waals surface area contributed by atoms with Crippen molar-refractivity contribution < 1.29 is 55.7 Å². The number of aromatic amines is 1. The van der Waals surface area contributed by atoms with Gasteiger partial charge in [0.15, 0.2) is 6.23 Å². The summed E-state index contributed by atoms with van der Waals surface area (Å²) in [7, 11) is -9.96. The number of ether oxygens (including phenoxy) is 3. The van der Waals surface area contributed by atoms with Gasteiger partial charge in [-0.3, -0.25) is 37.5 Å². The Morgan fingerprint density at radius 3 is 1.87 bits per heavy atom. The molecule has 5 N–H and O–H groups in total. The van der Waals surface area contributed by atoms with Gasteiger partial charge in [-0.05, 0) is 48.4 Å². The average molecular weight is 698 g/mol. The second kappa shape index (κ2) is 16.2. The van der Waals surface area contributed by atoms with Gasteiger partial charge >= 0.3 is 33.3 Å². The molecule has 1 aliphatic rings. The summed E-state index contributed by atoms with van der Waals surface area (Å²) >= 11 is 0. The third kappa shape index (κ3) is 11.3. The third-order valence-corrected chi connectivity index (χ3v) is 8.97. The summed E-state index contributed by atoms with van der Waals surface area (Å²) in [4.78, 5) is 58.7. The largest absolute Gasteiger partial charge is 0.484 e. The molecule has 2 heterocycles. The van der Waals surface area contributed by atoms with Crippen LogP contribution >= 0.6 is 15.6 Å². The van der Waals surface area contributed by atoms with E-state index in [1.165, 1.54) is 87.7 Å². The number of rotatable bonds is 14. The van der Waals surface area contributed by atoms with E-state index in [0.717, 1.165) is 4.57 Å². The highest BCUT2D eigenvalue weighted by atomic mass is 31.3. The van der Waals surface area contributed by atoms with Crippen molar-refractivity contribution in [3.8, 4) is 11.5 Å². The molecule has 0 saturated carbocycles. The number of benzene rings is 2. The van der Waals surface area contributed by atoms with Crippen LogP contribution in [-0.4, -0.2) is 39.1 Å². The van der Waals surface area contributed by atoms with E-state index in [-0.39, 0.29) is 23.2 Å². The summed E-state index contributed by atoms with van der Waals surface area (Å²) in [5, 5.41) is 0. The zero-order valence-corrected chi connectivity index (χ0v) is 27.2. The Kier molecular flexibility index (Phi) is 12.9. The Labute approximate surface area is 267 Å². The Morgan fingerprint density at radius 2 is 1.38 bits per heavy atom. The second-order valence-electron chi connectivity index (χ2n) is 9.74. The molecule has 254 valence electrons. The first-order valence-electron chi connectivity index (χ1n) is 13.5. The van der Waals surface area contributed by atoms with Crippen LogP contribution in [0.3, 0.4) is 0 Å². The highest BCUT2D eigenvalue weighted by Crippen LogP contribution is 2.64. The highest BCUT2D eigenvalue weighted by Gasteiger charge is 2.39. The van der Waals surface area contributed by atoms with Crippen LogP contribution in [0.1, 0.15) is 36.8 Å². The molecule has 0 spiro atoms. The minimum absolute atomic E-state index is 0. The molecular formula is C28H33N3O14P2. The smallest absolute Gasteiger partial charge is 0.427 e. The molecule has 0 bridgehead atoms. The first-order chi connectivity index (χ1) is 21.7. The minimum Gasteiger partial charge on any atom is -0.427 e. The lowest BCUT2D eigenvalue weighted by molar-refractivity contribution is -0.132. The van der Waals surface area contributed by atoms with E-state index >= 15 is 0 Å². The summed E-state index contributed by atoms with van der Waals surface area (Å²) in [5.41, 5.74) is -0.161. The molecule has 19 heteroatoms. The lowest BCUT2D eigenvalue weighted by Crippen LogP contribution is -2.33. The van der Waals surface area contributed by atoms with Gasteiger partial charge in [0, 0.05) is 25.6 Å². The topological polar surface area (TPSA) is 243 Å². The Morgan fingerprint density at radius 1 is 0.872 bits per heavy atom. The van der Waals surface area contributed by atoms with Crippen molar-refractivity contribution in [2.75, 3.05) is 6.61 Å². The molecule has 0 fully saturated rings. The van der Waals surface area contributed by atoms with E-state index in [9.17, 15) is 33.2 Å². The molecule has 1 aromatic heterocycles. The molecule has 3 aromatic rings. The fourth-order valence-corrected chi connectivity index (χ4v) is 6.47. The molecule has 3 atom stereocenters. The number of hydrogen-bond acceptors (Lipinski definition) is 14. The summed E-state index contributed by atoms with van der Waals surface area (Å²) in [6.45, 7) is 2.60. The second-order valence-corrected chi connectivity index (χ2v) is 13.0. The van der Waals surface area contributed by atoms with Gasteiger partial charge in [-0.1, -0.05) is 30.3 Å². The molecule has 0 amide bonds. The number of hydrogen-bond donors (Lipinski definition) is 3. The van der Waals surface area contributed by atoms with Crippen LogP contribution in [0.4, 0.5) is 0 Å². The highest BCUT2D eigenvalue weighted by molar-refractivity contribution is 7.61. The van der Waals surface area contributed by atoms with Crippen molar-refractivity contribution in [3.05, 3.63) is 104 Å². The molecule has 0 saturated heterocycles. The number of carbonyl (C=O) groups excluding carboxylic acids is 2. The fraction of sp³-hybridized carbons (Fsp3) is 0.286. The van der Waals surface area contributed by atoms with E-state index in [1.807, 2.05) is 0 Å². The molecule has 2 aromatic carbocycles. The molecule has 0 aliphatic carbocycles. The zero-order valence-electron chi connectivity index (χ0n) is 25.4. The maximum atomic E-state index is 13.6. The quantitative estimate of drug-likeness (QED) is 0.0933. The molecule has 47 heavy (non-hydrogen) atoms. The van der Waals surface area contributed by atoms with Crippen LogP contribution in [0.15, 0.2) is 76.5 Å². The third-order valence-electron chi connectivity index (χ3n) is 5.98. The van der Waals surface area contributed by atoms with Crippen LogP contribution in [0.2, 0.25) is 0 Å². The number of H-pyrrole nitrogens is 1. The molecule has 0 radical (unpaired) electrons. The van der Waals surface area contributed by atoms with Crippen LogP contribution in [-0.2, 0) is 54.6 Å². The normalized spacial score (nSPS) is 17.0. The van der Waals surface area contributed by atoms with E-state index in [0.29, 0.717) is 11.1 Å². The van der Waals surface area contributed by atoms with Gasteiger partial charge in [0.2, 0.25) is 0 Å². The fourth-order valence-electron chi connectivity index (χ4n) is 3.87. The summed E-state index contributed by atoms with van der Waals surface area (Å²) in [5.74, 6) is -0.541. The van der Waals surface area contributed by atoms with E-state index in [4.69, 9.17) is 32.1 Å². The maximum Gasteiger partial charge on any atom is 0.484 e. The number of carbonyl (C=O) groups is 2. The maximum absolute atomic E-state index is 13.6. The Hall–Kier alpha value is -4.02. The summed E-state index contributed by atoms with van der Waals surface area (Å²) in [6.07, 6.45) is 2.38. The van der Waals surface area contributed by atoms with Crippen molar-refractivity contribution in [1.29, 1.82) is 0 Å². The lowest BCUT2D eigenvalue weighted by Gasteiger charge is -2.22. The minimum atomic E-state index is -5.13. The number of aromatic nitrogens is 2. The number of phosphoric acid groups is 2. The monoisotopic (exact) mass is 697 g/mol. The average Bonchev–Trinajstić information content (AvgIpc) is 3.46. The standard InChI is InChI=1S/C28H30N2O14P2.H3N/c1-18-14-30(28(34)29-27(18)33)26-13-12-25(43-26)17-38-45(35,36)44-46(37,39-15-21-4-8-23(9-5-21)41-19(2)31)40-16-22-6-10-24(11-7-22)42-20(3)32;/h4-14,25-26H,15-17H2,1-3H3,(H,35,36)(H,29,33,34);1H3/t25-,26+;/m0./s1. The SMILES string of the molecule is CC(=O)Oc1ccc(COP(=O)(OCc2ccc(OC(C)=O)cc2)OP(=O)(O)OC[C@@H]2C=C[C@H](n3cc(C)c(=O)[nH]c3=O)O2)cc1.N. The Bertz CT molecular complexity index is 1740. The number of phosphoric ester groups is 2. The van der Waals surface area contributed by atoms with E-state index in [1.54, 1.807) is 0 Å². The van der Waals surface area contributed by atoms with Gasteiger partial charge in [-0.25, -0.2) is 13.9 Å². The zero-order chi connectivity index (χ0) is 33.5. The lowest BCUT2D eigenvalue weighted by atomic mass is 10.2. The molecule has 17 nitrogen and oxygen atoms in total. The van der Waals surface area contributed by atoms with Gasteiger partial charge in [0.25, 0.3) is 5.56 Å². The molecule has 1 aliphatic heterocycles. The first-order valence-corrected chi connectivity index (χ1v) is 16.4. The van der Waals surface area contributed by atoms with Crippen molar-refractivity contribution in [2.45, 2.75) is 46.3 Å². The van der Waals surface area contributed by atoms with Crippen molar-refractivity contribution in [2.24, 2.45) is 0 Å². The van der Waals surface area contributed by atoms with Gasteiger partial charge in [0.1, 0.15) is 17.6 Å². The van der Waals surface area contributed by atoms with Crippen LogP contribution in [0.5, 0.6) is 11.5 Å². The Balaban J connectivity index is 0.00000600. The van der Waals surface area contributed by atoms with Crippen LogP contribution in [0.25, 0.3) is 0 Å². The van der Waals surface area contributed by atoms with Crippen LogP contribution < -0.4 is 26.9 Å². The molecular weight excluding hydrogens is 664 g/mol. The summed E-state index contributed by atoms with van der Waals surface area (Å²) < 4.78 is 63.9. The van der Waals surface area contributed by atoms with Gasteiger partial charge in [0.05, 0.1) is 19.8 Å². The van der Waals surface area contributed by atoms with Crippen molar-refractivity contribution in [1.82, 2.24) is 15.7 Å². The number of nitrogens with one attached hydrogen (secondary N) is 1. The van der Waals surface area contributed by atoms with E-state index < -0.39 is 71.0 Å². The number of aryl methyl sites for hydroxylation is 1. The number of esters is 2. The molecule has 4 rings (SSSR count). The van der Waals surface area contributed by atoms with Crippen LogP contribution in [0, 0.1) is 6.92 Å². The number of nitrogens with zero attached hydrogens (tertiary/aromatic N) is 1. The first kappa shape index (κ1) is 37.4.